The van der Waals surface area contributed by atoms with E-state index in [1.807, 2.05) is 60.7 Å². The molecule has 4 aromatic rings. The molecule has 0 bridgehead atoms. The van der Waals surface area contributed by atoms with Crippen LogP contribution in [-0.2, 0) is 0 Å². The van der Waals surface area contributed by atoms with E-state index in [0.29, 0.717) is 0 Å². The van der Waals surface area contributed by atoms with E-state index >= 15 is 0 Å². The second kappa shape index (κ2) is 4.85. The number of aromatic nitrogens is 3. The highest BCUT2D eigenvalue weighted by Gasteiger charge is 2.27. The first-order chi connectivity index (χ1) is 11.7. The average Bonchev–Trinajstić information content (AvgIpc) is 3.15. The van der Waals surface area contributed by atoms with Gasteiger partial charge in [0.2, 0.25) is 0 Å². The molecule has 0 unspecified atom stereocenters. The van der Waals surface area contributed by atoms with E-state index in [0.717, 1.165) is 43.4 Å². The minimum atomic E-state index is 0.0718. The Kier molecular flexibility index (Phi) is 2.76. The Morgan fingerprint density at radius 2 is 1.58 bits per heavy atom. The van der Waals surface area contributed by atoms with Crippen molar-refractivity contribution in [3.63, 3.8) is 0 Å². The predicted molar refractivity (Wildman–Crippen MR) is 95.4 cm³/mol. The number of rotatable bonds is 1. The molecule has 0 radical (unpaired) electrons. The standard InChI is InChI=1S/C19H10BrN3O/c20-11-5-7-13-15(9-11)16-10-12(6-8-14(16)19(13)24)23-18-4-2-1-3-17(18)21-22-23/h1-10H. The summed E-state index contributed by atoms with van der Waals surface area (Å²) >= 11 is 3.49. The van der Waals surface area contributed by atoms with E-state index in [2.05, 4.69) is 26.2 Å². The van der Waals surface area contributed by atoms with Gasteiger partial charge in [-0.05, 0) is 59.7 Å². The Morgan fingerprint density at radius 3 is 2.46 bits per heavy atom. The van der Waals surface area contributed by atoms with E-state index in [1.54, 1.807) is 4.68 Å². The van der Waals surface area contributed by atoms with Crippen molar-refractivity contribution in [2.75, 3.05) is 0 Å². The van der Waals surface area contributed by atoms with Crippen LogP contribution in [0, 0.1) is 0 Å². The van der Waals surface area contributed by atoms with Crippen LogP contribution in [0.25, 0.3) is 27.8 Å². The zero-order valence-corrected chi connectivity index (χ0v) is 14.0. The fourth-order valence-electron chi connectivity index (χ4n) is 3.23. The Balaban J connectivity index is 1.76. The van der Waals surface area contributed by atoms with Crippen LogP contribution in [-0.4, -0.2) is 20.8 Å². The molecule has 0 amide bonds. The molecule has 24 heavy (non-hydrogen) atoms. The topological polar surface area (TPSA) is 47.8 Å². The van der Waals surface area contributed by atoms with E-state index in [9.17, 15) is 4.79 Å². The van der Waals surface area contributed by atoms with Gasteiger partial charge in [0, 0.05) is 15.6 Å². The number of carbonyl (C=O) groups is 1. The van der Waals surface area contributed by atoms with Gasteiger partial charge in [-0.2, -0.15) is 0 Å². The van der Waals surface area contributed by atoms with Crippen LogP contribution in [0.15, 0.2) is 65.1 Å². The SMILES string of the molecule is O=C1c2ccc(Br)cc2-c2cc(-n3nnc4ccccc43)ccc21. The lowest BCUT2D eigenvalue weighted by molar-refractivity contribution is 0.104. The summed E-state index contributed by atoms with van der Waals surface area (Å²) in [5, 5.41) is 8.46. The van der Waals surface area contributed by atoms with Crippen LogP contribution in [0.2, 0.25) is 0 Å². The van der Waals surface area contributed by atoms with Crippen LogP contribution >= 0.6 is 15.9 Å². The van der Waals surface area contributed by atoms with Crippen molar-refractivity contribution < 1.29 is 4.79 Å². The number of carbonyl (C=O) groups excluding carboxylic acids is 1. The van der Waals surface area contributed by atoms with Crippen molar-refractivity contribution in [2.24, 2.45) is 0 Å². The van der Waals surface area contributed by atoms with Gasteiger partial charge in [0.15, 0.2) is 5.78 Å². The molecule has 1 aromatic heterocycles. The quantitative estimate of drug-likeness (QED) is 0.436. The number of nitrogens with zero attached hydrogens (tertiary/aromatic N) is 3. The van der Waals surface area contributed by atoms with Crippen molar-refractivity contribution >= 4 is 32.7 Å². The molecule has 0 fully saturated rings. The summed E-state index contributed by atoms with van der Waals surface area (Å²) in [6.07, 6.45) is 0. The summed E-state index contributed by atoms with van der Waals surface area (Å²) in [6.45, 7) is 0. The lowest BCUT2D eigenvalue weighted by atomic mass is 10.1. The lowest BCUT2D eigenvalue weighted by Crippen LogP contribution is -1.99. The Morgan fingerprint density at radius 1 is 0.833 bits per heavy atom. The largest absolute Gasteiger partial charge is 0.289 e. The molecular formula is C19H10BrN3O. The Hall–Kier alpha value is -2.79. The maximum absolute atomic E-state index is 12.6. The van der Waals surface area contributed by atoms with Crippen molar-refractivity contribution in [2.45, 2.75) is 0 Å². The number of benzene rings is 3. The molecule has 5 heteroatoms. The van der Waals surface area contributed by atoms with E-state index < -0.39 is 0 Å². The molecule has 0 saturated heterocycles. The van der Waals surface area contributed by atoms with E-state index in [1.165, 1.54) is 0 Å². The molecule has 0 saturated carbocycles. The normalized spacial score (nSPS) is 12.5. The van der Waals surface area contributed by atoms with Gasteiger partial charge in [0.1, 0.15) is 5.52 Å². The lowest BCUT2D eigenvalue weighted by Gasteiger charge is -2.06. The molecule has 0 spiro atoms. The second-order valence-electron chi connectivity index (χ2n) is 5.74. The van der Waals surface area contributed by atoms with Gasteiger partial charge < -0.3 is 0 Å². The predicted octanol–water partition coefficient (Wildman–Crippen LogP) is 4.39. The number of hydrogen-bond donors (Lipinski definition) is 0. The number of halogens is 1. The van der Waals surface area contributed by atoms with Gasteiger partial charge in [-0.3, -0.25) is 4.79 Å². The fraction of sp³-hybridized carbons (Fsp3) is 0. The molecule has 1 aliphatic rings. The highest BCUT2D eigenvalue weighted by Crippen LogP contribution is 2.39. The monoisotopic (exact) mass is 375 g/mol. The van der Waals surface area contributed by atoms with Gasteiger partial charge in [-0.1, -0.05) is 33.3 Å². The zero-order chi connectivity index (χ0) is 16.3. The van der Waals surface area contributed by atoms with Crippen LogP contribution in [0.4, 0.5) is 0 Å². The minimum absolute atomic E-state index is 0.0718. The van der Waals surface area contributed by atoms with Crippen LogP contribution in [0.3, 0.4) is 0 Å². The number of hydrogen-bond acceptors (Lipinski definition) is 3. The fourth-order valence-corrected chi connectivity index (χ4v) is 3.59. The maximum Gasteiger partial charge on any atom is 0.194 e. The highest BCUT2D eigenvalue weighted by atomic mass is 79.9. The Bertz CT molecular complexity index is 1150. The van der Waals surface area contributed by atoms with Crippen molar-refractivity contribution in [3.8, 4) is 16.8 Å². The molecule has 3 aromatic carbocycles. The molecule has 114 valence electrons. The molecule has 4 nitrogen and oxygen atoms in total. The first-order valence-corrected chi connectivity index (χ1v) is 8.31. The van der Waals surface area contributed by atoms with Crippen molar-refractivity contribution in [3.05, 3.63) is 76.3 Å². The van der Waals surface area contributed by atoms with E-state index in [4.69, 9.17) is 0 Å². The minimum Gasteiger partial charge on any atom is -0.289 e. The van der Waals surface area contributed by atoms with Gasteiger partial charge >= 0.3 is 0 Å². The first kappa shape index (κ1) is 13.6. The van der Waals surface area contributed by atoms with Gasteiger partial charge in [-0.15, -0.1) is 5.10 Å². The highest BCUT2D eigenvalue weighted by molar-refractivity contribution is 9.10. The molecule has 5 rings (SSSR count). The number of fused-ring (bicyclic) bond motifs is 4. The van der Waals surface area contributed by atoms with Crippen molar-refractivity contribution in [1.29, 1.82) is 0 Å². The summed E-state index contributed by atoms with van der Waals surface area (Å²) in [4.78, 5) is 12.6. The van der Waals surface area contributed by atoms with Crippen LogP contribution in [0.1, 0.15) is 15.9 Å². The smallest absolute Gasteiger partial charge is 0.194 e. The molecule has 1 heterocycles. The summed E-state index contributed by atoms with van der Waals surface area (Å²) < 4.78 is 2.76. The summed E-state index contributed by atoms with van der Waals surface area (Å²) in [5.41, 5.74) is 6.05. The second-order valence-corrected chi connectivity index (χ2v) is 6.65. The number of ketones is 1. The van der Waals surface area contributed by atoms with Gasteiger partial charge in [0.25, 0.3) is 0 Å². The third-order valence-corrected chi connectivity index (χ3v) is 4.85. The van der Waals surface area contributed by atoms with Crippen LogP contribution in [0.5, 0.6) is 0 Å². The maximum atomic E-state index is 12.6. The average molecular weight is 376 g/mol. The van der Waals surface area contributed by atoms with Crippen molar-refractivity contribution in [1.82, 2.24) is 15.0 Å². The van der Waals surface area contributed by atoms with Crippen LogP contribution < -0.4 is 0 Å². The molecular weight excluding hydrogens is 366 g/mol. The third kappa shape index (κ3) is 1.82. The zero-order valence-electron chi connectivity index (χ0n) is 12.4. The summed E-state index contributed by atoms with van der Waals surface area (Å²) in [7, 11) is 0. The molecule has 0 N–H and O–H groups in total. The first-order valence-electron chi connectivity index (χ1n) is 7.52. The Labute approximate surface area is 145 Å². The molecule has 0 aliphatic heterocycles. The molecule has 1 aliphatic carbocycles. The van der Waals surface area contributed by atoms with Gasteiger partial charge in [0.05, 0.1) is 11.2 Å². The molecule has 0 atom stereocenters. The van der Waals surface area contributed by atoms with E-state index in [-0.39, 0.29) is 5.78 Å². The third-order valence-electron chi connectivity index (χ3n) is 4.36. The number of para-hydroxylation sites is 1. The summed E-state index contributed by atoms with van der Waals surface area (Å²) in [5.74, 6) is 0.0718. The summed E-state index contributed by atoms with van der Waals surface area (Å²) in [6, 6.07) is 19.4. The van der Waals surface area contributed by atoms with Gasteiger partial charge in [-0.25, -0.2) is 4.68 Å².